The number of hydrogen-bond acceptors (Lipinski definition) is 7. The summed E-state index contributed by atoms with van der Waals surface area (Å²) >= 11 is 11.8. The van der Waals surface area contributed by atoms with Crippen LogP contribution in [0, 0.1) is 12.3 Å². The van der Waals surface area contributed by atoms with Crippen LogP contribution in [0.3, 0.4) is 0 Å². The van der Waals surface area contributed by atoms with E-state index in [0.717, 1.165) is 0 Å². The highest BCUT2D eigenvalue weighted by Gasteiger charge is 2.69. The maximum Gasteiger partial charge on any atom is 0.344 e. The summed E-state index contributed by atoms with van der Waals surface area (Å²) in [6.45, 7) is 5.29. The second-order valence-corrected chi connectivity index (χ2v) is 7.84. The Morgan fingerprint density at radius 3 is 2.26 bits per heavy atom. The molecule has 1 amide bonds. The number of carbonyl (C=O) groups excluding carboxylic acids is 4. The van der Waals surface area contributed by atoms with E-state index in [1.165, 1.54) is 20.8 Å². The zero-order chi connectivity index (χ0) is 20.6. The van der Waals surface area contributed by atoms with Crippen molar-refractivity contribution in [1.82, 2.24) is 0 Å². The average molecular weight is 420 g/mol. The smallest absolute Gasteiger partial charge is 0.344 e. The molecule has 0 aliphatic heterocycles. The third-order valence-electron chi connectivity index (χ3n) is 4.21. The Morgan fingerprint density at radius 2 is 1.78 bits per heavy atom. The van der Waals surface area contributed by atoms with Crippen LogP contribution in [0.1, 0.15) is 53.7 Å². The van der Waals surface area contributed by atoms with Crippen LogP contribution in [-0.4, -0.2) is 41.2 Å². The molecular weight excluding hydrogens is 401 g/mol. The fraction of sp³-hybridized carbons (Fsp3) is 0.529. The zero-order valence-electron chi connectivity index (χ0n) is 15.2. The number of amides is 1. The van der Waals surface area contributed by atoms with Crippen molar-refractivity contribution in [1.29, 1.82) is 0 Å². The van der Waals surface area contributed by atoms with Gasteiger partial charge in [-0.15, -0.1) is 23.2 Å². The minimum Gasteiger partial charge on any atom is -0.462 e. The van der Waals surface area contributed by atoms with Gasteiger partial charge in [-0.25, -0.2) is 4.79 Å². The van der Waals surface area contributed by atoms with Crippen molar-refractivity contribution in [2.24, 2.45) is 5.41 Å². The Balaban J connectivity index is 2.11. The molecule has 1 fully saturated rings. The number of halogens is 2. The first-order chi connectivity index (χ1) is 12.4. The lowest BCUT2D eigenvalue weighted by molar-refractivity contribution is -0.152. The van der Waals surface area contributed by atoms with Crippen molar-refractivity contribution in [3.63, 3.8) is 0 Å². The third kappa shape index (κ3) is 4.11. The number of carbonyl (C=O) groups is 4. The quantitative estimate of drug-likeness (QED) is 0.410. The predicted molar refractivity (Wildman–Crippen MR) is 96.2 cm³/mol. The number of aryl methyl sites for hydroxylation is 1. The first-order valence-electron chi connectivity index (χ1n) is 8.11. The second kappa shape index (κ2) is 7.52. The molecule has 0 aromatic carbocycles. The lowest BCUT2D eigenvalue weighted by Gasteiger charge is -2.11. The van der Waals surface area contributed by atoms with Gasteiger partial charge in [0.05, 0.1) is 12.2 Å². The van der Waals surface area contributed by atoms with Crippen molar-refractivity contribution >= 4 is 52.7 Å². The van der Waals surface area contributed by atoms with E-state index in [1.807, 2.05) is 0 Å². The van der Waals surface area contributed by atoms with Crippen molar-refractivity contribution in [2.75, 3.05) is 18.5 Å². The topological polar surface area (TPSA) is 112 Å². The highest BCUT2D eigenvalue weighted by molar-refractivity contribution is 6.53. The molecule has 1 atom stereocenters. The fourth-order valence-electron chi connectivity index (χ4n) is 2.53. The van der Waals surface area contributed by atoms with Crippen molar-refractivity contribution in [3.8, 4) is 0 Å². The number of hydrogen-bond donors (Lipinski definition) is 1. The number of alkyl halides is 2. The first-order valence-corrected chi connectivity index (χ1v) is 8.86. The molecule has 0 radical (unpaired) electrons. The number of Topliss-reactive ketones (excluding diaryl/α,β-unsaturated/α-hetero) is 1. The Morgan fingerprint density at radius 1 is 1.19 bits per heavy atom. The van der Waals surface area contributed by atoms with Gasteiger partial charge in [0.25, 0.3) is 5.91 Å². The molecule has 1 N–H and O–H groups in total. The van der Waals surface area contributed by atoms with Gasteiger partial charge in [-0.05, 0) is 27.7 Å². The van der Waals surface area contributed by atoms with E-state index in [9.17, 15) is 19.2 Å². The summed E-state index contributed by atoms with van der Waals surface area (Å²) in [6.07, 6.45) is 0.218. The summed E-state index contributed by atoms with van der Waals surface area (Å²) in [5.41, 5.74) is -1.24. The molecule has 1 heterocycles. The number of rotatable bonds is 7. The Bertz CT molecular complexity index is 814. The Kier molecular flexibility index (Phi) is 5.91. The summed E-state index contributed by atoms with van der Waals surface area (Å²) < 4.78 is 13.9. The van der Waals surface area contributed by atoms with Gasteiger partial charge < -0.3 is 13.9 Å². The molecule has 0 spiro atoms. The Hall–Kier alpha value is -2.06. The van der Waals surface area contributed by atoms with Gasteiger partial charge in [-0.1, -0.05) is 0 Å². The number of ether oxygens (including phenoxy) is 2. The van der Waals surface area contributed by atoms with E-state index in [0.29, 0.717) is 0 Å². The lowest BCUT2D eigenvalue weighted by atomic mass is 10.1. The normalized spacial score (nSPS) is 19.9. The molecule has 2 rings (SSSR count). The molecule has 148 valence electrons. The van der Waals surface area contributed by atoms with Crippen LogP contribution in [0.25, 0.3) is 0 Å². The molecule has 1 aromatic rings. The van der Waals surface area contributed by atoms with Crippen LogP contribution >= 0.6 is 23.2 Å². The van der Waals surface area contributed by atoms with Crippen molar-refractivity contribution in [3.05, 3.63) is 16.9 Å². The second-order valence-electron chi connectivity index (χ2n) is 6.35. The minimum atomic E-state index is -1.22. The van der Waals surface area contributed by atoms with E-state index in [1.54, 1.807) is 6.92 Å². The van der Waals surface area contributed by atoms with Crippen LogP contribution in [0.15, 0.2) is 4.42 Å². The summed E-state index contributed by atoms with van der Waals surface area (Å²) in [5, 5.41) is 2.31. The molecule has 0 unspecified atom stereocenters. The first kappa shape index (κ1) is 21.2. The molecule has 8 nitrogen and oxygen atoms in total. The van der Waals surface area contributed by atoms with Gasteiger partial charge in [0.15, 0.2) is 12.4 Å². The van der Waals surface area contributed by atoms with E-state index in [4.69, 9.17) is 37.1 Å². The standard InChI is InChI=1S/C17H19Cl2NO7/c1-5-25-14(23)12-11(8(2)21)9(3)27-13(12)20-10(22)6-26-15(24)16(4)7-17(16,18)19/h5-7H2,1-4H3,(H,20,22)/t16-/m0/s1. The van der Waals surface area contributed by atoms with Crippen molar-refractivity contribution in [2.45, 2.75) is 38.4 Å². The van der Waals surface area contributed by atoms with Gasteiger partial charge in [0, 0.05) is 6.42 Å². The van der Waals surface area contributed by atoms with Crippen LogP contribution in [0.4, 0.5) is 5.88 Å². The van der Waals surface area contributed by atoms with Gasteiger partial charge in [-0.3, -0.25) is 19.7 Å². The maximum atomic E-state index is 12.2. The average Bonchev–Trinajstić information content (AvgIpc) is 2.91. The summed E-state index contributed by atoms with van der Waals surface area (Å²) in [6, 6.07) is 0. The molecule has 1 aromatic heterocycles. The van der Waals surface area contributed by atoms with Gasteiger partial charge in [0.2, 0.25) is 5.88 Å². The number of esters is 2. The van der Waals surface area contributed by atoms with Gasteiger partial charge >= 0.3 is 11.9 Å². The summed E-state index contributed by atoms with van der Waals surface area (Å²) in [5.74, 6) is -2.82. The maximum absolute atomic E-state index is 12.2. The minimum absolute atomic E-state index is 0.0142. The molecule has 1 aliphatic rings. The number of ketones is 1. The van der Waals surface area contributed by atoms with Crippen LogP contribution in [0.2, 0.25) is 0 Å². The van der Waals surface area contributed by atoms with Gasteiger partial charge in [0.1, 0.15) is 21.1 Å². The van der Waals surface area contributed by atoms with Crippen LogP contribution in [0.5, 0.6) is 0 Å². The molecule has 1 aliphatic carbocycles. The van der Waals surface area contributed by atoms with Crippen LogP contribution in [-0.2, 0) is 19.1 Å². The third-order valence-corrected chi connectivity index (χ3v) is 5.31. The molecule has 27 heavy (non-hydrogen) atoms. The highest BCUT2D eigenvalue weighted by Crippen LogP contribution is 2.64. The van der Waals surface area contributed by atoms with E-state index in [2.05, 4.69) is 5.32 Å². The molecule has 10 heteroatoms. The molecule has 0 bridgehead atoms. The Labute approximate surface area is 165 Å². The van der Waals surface area contributed by atoms with E-state index in [-0.39, 0.29) is 35.8 Å². The lowest BCUT2D eigenvalue weighted by Crippen LogP contribution is -2.27. The van der Waals surface area contributed by atoms with E-state index >= 15 is 0 Å². The van der Waals surface area contributed by atoms with E-state index < -0.39 is 40.0 Å². The number of nitrogens with one attached hydrogen (secondary N) is 1. The monoisotopic (exact) mass is 419 g/mol. The summed E-state index contributed by atoms with van der Waals surface area (Å²) in [4.78, 5) is 48.1. The zero-order valence-corrected chi connectivity index (χ0v) is 16.7. The fourth-order valence-corrected chi connectivity index (χ4v) is 3.22. The van der Waals surface area contributed by atoms with Gasteiger partial charge in [-0.2, -0.15) is 0 Å². The largest absolute Gasteiger partial charge is 0.462 e. The number of furan rings is 1. The predicted octanol–water partition coefficient (Wildman–Crippen LogP) is 3.03. The van der Waals surface area contributed by atoms with Crippen LogP contribution < -0.4 is 5.32 Å². The molecule has 1 saturated carbocycles. The molecular formula is C17H19Cl2NO7. The highest BCUT2D eigenvalue weighted by atomic mass is 35.5. The summed E-state index contributed by atoms with van der Waals surface area (Å²) in [7, 11) is 0. The van der Waals surface area contributed by atoms with Crippen molar-refractivity contribution < 1.29 is 33.1 Å². The molecule has 0 saturated heterocycles. The number of anilines is 1. The SMILES string of the molecule is CCOC(=O)c1c(NC(=O)COC(=O)[C@]2(C)CC2(Cl)Cl)oc(C)c1C(C)=O.